The van der Waals surface area contributed by atoms with Crippen LogP contribution >= 0.6 is 0 Å². The van der Waals surface area contributed by atoms with Crippen LogP contribution in [0.3, 0.4) is 0 Å². The van der Waals surface area contributed by atoms with E-state index in [0.29, 0.717) is 6.42 Å². The van der Waals surface area contributed by atoms with Crippen LogP contribution in [-0.4, -0.2) is 31.3 Å². The van der Waals surface area contributed by atoms with Gasteiger partial charge in [-0.25, -0.2) is 4.79 Å². The molecule has 1 amide bonds. The Labute approximate surface area is 160 Å². The molecule has 1 N–H and O–H groups in total. The third-order valence-corrected chi connectivity index (χ3v) is 4.36. The summed E-state index contributed by atoms with van der Waals surface area (Å²) >= 11 is 0. The Bertz CT molecular complexity index is 754. The number of carbonyl (C=O) groups is 2. The Hall–Kier alpha value is -2.82. The largest absolute Gasteiger partial charge is 0.468 e. The van der Waals surface area contributed by atoms with E-state index in [-0.39, 0.29) is 12.5 Å². The summed E-state index contributed by atoms with van der Waals surface area (Å²) in [4.78, 5) is 22.9. The second kappa shape index (κ2) is 9.21. The zero-order valence-corrected chi connectivity index (χ0v) is 16.3. The van der Waals surface area contributed by atoms with Gasteiger partial charge in [0, 0.05) is 0 Å². The number of hydrogen-bond acceptors (Lipinski definition) is 4. The third kappa shape index (κ3) is 6.44. The van der Waals surface area contributed by atoms with Gasteiger partial charge in [-0.05, 0) is 42.9 Å². The molecule has 2 aromatic carbocycles. The van der Waals surface area contributed by atoms with Gasteiger partial charge in [0.25, 0.3) is 0 Å². The molecule has 1 unspecified atom stereocenters. The van der Waals surface area contributed by atoms with Crippen molar-refractivity contribution in [3.05, 3.63) is 60.2 Å². The zero-order chi connectivity index (χ0) is 19.9. The Morgan fingerprint density at radius 2 is 1.59 bits per heavy atom. The first kappa shape index (κ1) is 20.5. The minimum atomic E-state index is -0.669. The van der Waals surface area contributed by atoms with Crippen LogP contribution in [0.15, 0.2) is 54.6 Å². The molecule has 1 atom stereocenters. The molecule has 0 fully saturated rings. The Balaban J connectivity index is 1.93. The summed E-state index contributed by atoms with van der Waals surface area (Å²) in [6.45, 7) is 5.62. The van der Waals surface area contributed by atoms with Crippen LogP contribution in [-0.2, 0) is 14.3 Å². The van der Waals surface area contributed by atoms with Gasteiger partial charge in [0.05, 0.1) is 7.11 Å². The number of rotatable bonds is 7. The van der Waals surface area contributed by atoms with Gasteiger partial charge in [-0.2, -0.15) is 0 Å². The minimum absolute atomic E-state index is 0.206. The molecule has 0 aliphatic heterocycles. The summed E-state index contributed by atoms with van der Waals surface area (Å²) in [6.07, 6.45) is 0.0283. The van der Waals surface area contributed by atoms with Gasteiger partial charge in [0.15, 0.2) is 0 Å². The van der Waals surface area contributed by atoms with Crippen molar-refractivity contribution in [2.75, 3.05) is 13.7 Å². The van der Waals surface area contributed by atoms with E-state index in [4.69, 9.17) is 4.74 Å². The number of carbonyl (C=O) groups excluding carboxylic acids is 2. The third-order valence-electron chi connectivity index (χ3n) is 4.36. The molecule has 0 aliphatic rings. The van der Waals surface area contributed by atoms with Crippen LogP contribution in [0, 0.1) is 0 Å². The van der Waals surface area contributed by atoms with Crippen molar-refractivity contribution in [1.82, 2.24) is 5.32 Å². The monoisotopic (exact) mass is 369 g/mol. The lowest BCUT2D eigenvalue weighted by Crippen LogP contribution is -2.38. The molecule has 27 heavy (non-hydrogen) atoms. The van der Waals surface area contributed by atoms with Crippen LogP contribution in [0.5, 0.6) is 0 Å². The van der Waals surface area contributed by atoms with Crippen molar-refractivity contribution < 1.29 is 19.1 Å². The molecule has 144 valence electrons. The number of esters is 1. The van der Waals surface area contributed by atoms with Crippen molar-refractivity contribution in [3.8, 4) is 11.1 Å². The first-order valence-corrected chi connectivity index (χ1v) is 9.00. The van der Waals surface area contributed by atoms with Gasteiger partial charge < -0.3 is 14.8 Å². The van der Waals surface area contributed by atoms with E-state index in [1.807, 2.05) is 32.0 Å². The fourth-order valence-electron chi connectivity index (χ4n) is 3.04. The molecular weight excluding hydrogens is 342 g/mol. The van der Waals surface area contributed by atoms with Crippen LogP contribution < -0.4 is 5.32 Å². The highest BCUT2D eigenvalue weighted by molar-refractivity contribution is 5.77. The molecule has 0 bridgehead atoms. The highest BCUT2D eigenvalue weighted by atomic mass is 16.6. The molecule has 0 aromatic heterocycles. The fourth-order valence-corrected chi connectivity index (χ4v) is 3.04. The molecule has 0 aliphatic carbocycles. The number of benzene rings is 2. The lowest BCUT2D eigenvalue weighted by atomic mass is 9.88. The highest BCUT2D eigenvalue weighted by Gasteiger charge is 2.26. The Morgan fingerprint density at radius 3 is 2.19 bits per heavy atom. The molecular formula is C22H27NO4. The number of methoxy groups -OCH3 is 1. The molecule has 5 heteroatoms. The Morgan fingerprint density at radius 1 is 1.00 bits per heavy atom. The van der Waals surface area contributed by atoms with Crippen molar-refractivity contribution in [2.45, 2.75) is 38.7 Å². The van der Waals surface area contributed by atoms with Crippen molar-refractivity contribution in [3.63, 3.8) is 0 Å². The van der Waals surface area contributed by atoms with Crippen molar-refractivity contribution in [1.29, 1.82) is 0 Å². The standard InChI is InChI=1S/C22H27NO4/c1-16(14-22(2,3)27-21(25)23-15-20(24)26-4)17-10-12-19(13-11-17)18-8-6-5-7-9-18/h5-13,16H,14-15H2,1-4H3,(H,23,25). The maximum Gasteiger partial charge on any atom is 0.408 e. The topological polar surface area (TPSA) is 64.6 Å². The van der Waals surface area contributed by atoms with Gasteiger partial charge in [0.2, 0.25) is 0 Å². The molecule has 2 aromatic rings. The molecule has 2 rings (SSSR count). The van der Waals surface area contributed by atoms with E-state index in [9.17, 15) is 9.59 Å². The molecule has 0 radical (unpaired) electrons. The smallest absolute Gasteiger partial charge is 0.408 e. The number of alkyl carbamates (subject to hydrolysis) is 1. The maximum atomic E-state index is 11.9. The second-order valence-electron chi connectivity index (χ2n) is 7.17. The average molecular weight is 369 g/mol. The number of ether oxygens (including phenoxy) is 2. The number of hydrogen-bond donors (Lipinski definition) is 1. The van der Waals surface area contributed by atoms with Crippen molar-refractivity contribution in [2.24, 2.45) is 0 Å². The summed E-state index contributed by atoms with van der Waals surface area (Å²) in [5.74, 6) is -0.310. The van der Waals surface area contributed by atoms with Crippen LogP contribution in [0.1, 0.15) is 38.7 Å². The number of amides is 1. The van der Waals surface area contributed by atoms with Gasteiger partial charge in [-0.15, -0.1) is 0 Å². The predicted molar refractivity (Wildman–Crippen MR) is 105 cm³/mol. The van der Waals surface area contributed by atoms with Crippen LogP contribution in [0.25, 0.3) is 11.1 Å². The second-order valence-corrected chi connectivity index (χ2v) is 7.17. The summed E-state index contributed by atoms with van der Waals surface area (Å²) in [5.41, 5.74) is 2.87. The van der Waals surface area contributed by atoms with E-state index in [0.717, 1.165) is 0 Å². The van der Waals surface area contributed by atoms with Crippen LogP contribution in [0.2, 0.25) is 0 Å². The zero-order valence-electron chi connectivity index (χ0n) is 16.3. The summed E-state index contributed by atoms with van der Waals surface area (Å²) in [7, 11) is 1.27. The first-order valence-electron chi connectivity index (χ1n) is 9.00. The van der Waals surface area contributed by atoms with Gasteiger partial charge in [-0.3, -0.25) is 4.79 Å². The number of nitrogens with one attached hydrogen (secondary N) is 1. The van der Waals surface area contributed by atoms with E-state index in [1.165, 1.54) is 23.8 Å². The molecule has 0 saturated heterocycles. The van der Waals surface area contributed by atoms with E-state index < -0.39 is 17.7 Å². The van der Waals surface area contributed by atoms with E-state index in [2.05, 4.69) is 53.4 Å². The predicted octanol–water partition coefficient (Wildman–Crippen LogP) is 4.53. The summed E-state index contributed by atoms with van der Waals surface area (Å²) in [6, 6.07) is 18.7. The maximum absolute atomic E-state index is 11.9. The quantitative estimate of drug-likeness (QED) is 0.729. The summed E-state index contributed by atoms with van der Waals surface area (Å²) < 4.78 is 9.95. The molecule has 0 heterocycles. The SMILES string of the molecule is COC(=O)CNC(=O)OC(C)(C)CC(C)c1ccc(-c2ccccc2)cc1. The first-order chi connectivity index (χ1) is 12.8. The highest BCUT2D eigenvalue weighted by Crippen LogP contribution is 2.29. The van der Waals surface area contributed by atoms with Gasteiger partial charge in [0.1, 0.15) is 12.1 Å². The van der Waals surface area contributed by atoms with E-state index >= 15 is 0 Å². The average Bonchev–Trinajstić information content (AvgIpc) is 2.66. The van der Waals surface area contributed by atoms with E-state index in [1.54, 1.807) is 0 Å². The van der Waals surface area contributed by atoms with Gasteiger partial charge >= 0.3 is 12.1 Å². The molecule has 5 nitrogen and oxygen atoms in total. The van der Waals surface area contributed by atoms with Gasteiger partial charge in [-0.1, -0.05) is 61.5 Å². The fraction of sp³-hybridized carbons (Fsp3) is 0.364. The van der Waals surface area contributed by atoms with Crippen LogP contribution in [0.4, 0.5) is 4.79 Å². The minimum Gasteiger partial charge on any atom is -0.468 e. The lowest BCUT2D eigenvalue weighted by molar-refractivity contribution is -0.139. The normalized spacial score (nSPS) is 12.1. The lowest BCUT2D eigenvalue weighted by Gasteiger charge is -2.28. The Kier molecular flexibility index (Phi) is 6.99. The summed E-state index contributed by atoms with van der Waals surface area (Å²) in [5, 5.41) is 2.39. The molecule has 0 spiro atoms. The van der Waals surface area contributed by atoms with Crippen molar-refractivity contribution >= 4 is 12.1 Å². The molecule has 0 saturated carbocycles.